The number of aryl methyl sites for hydroxylation is 2. The number of hydrogen-bond acceptors (Lipinski definition) is 2. The molecule has 1 fully saturated rings. The monoisotopic (exact) mass is 358 g/mol. The van der Waals surface area contributed by atoms with Gasteiger partial charge in [-0.15, -0.1) is 12.4 Å². The van der Waals surface area contributed by atoms with Gasteiger partial charge in [0, 0.05) is 5.92 Å². The van der Waals surface area contributed by atoms with E-state index in [4.69, 9.17) is 0 Å². The highest BCUT2D eigenvalue weighted by Crippen LogP contribution is 2.25. The van der Waals surface area contributed by atoms with Crippen LogP contribution in [-0.4, -0.2) is 19.0 Å². The molecule has 1 aliphatic heterocycles. The predicted octanol–water partition coefficient (Wildman–Crippen LogP) is 3.79. The van der Waals surface area contributed by atoms with Gasteiger partial charge in [-0.3, -0.25) is 4.79 Å². The summed E-state index contributed by atoms with van der Waals surface area (Å²) in [6.07, 6.45) is 0. The molecule has 2 aromatic rings. The molecule has 134 valence electrons. The summed E-state index contributed by atoms with van der Waals surface area (Å²) in [5.74, 6) is 0.610. The summed E-state index contributed by atoms with van der Waals surface area (Å²) in [7, 11) is 0. The number of carbonyl (C=O) groups excluding carboxylic acids is 1. The Balaban J connectivity index is 0.00000225. The van der Waals surface area contributed by atoms with Gasteiger partial charge in [-0.2, -0.15) is 0 Å². The van der Waals surface area contributed by atoms with E-state index in [9.17, 15) is 4.79 Å². The van der Waals surface area contributed by atoms with Crippen LogP contribution in [0.25, 0.3) is 0 Å². The largest absolute Gasteiger partial charge is 0.345 e. The van der Waals surface area contributed by atoms with E-state index in [1.54, 1.807) is 0 Å². The van der Waals surface area contributed by atoms with Crippen LogP contribution in [0.3, 0.4) is 0 Å². The molecule has 3 nitrogen and oxygen atoms in total. The van der Waals surface area contributed by atoms with Crippen LogP contribution in [-0.2, 0) is 4.79 Å². The van der Waals surface area contributed by atoms with E-state index in [1.807, 2.05) is 6.92 Å². The first-order chi connectivity index (χ1) is 11.5. The van der Waals surface area contributed by atoms with Crippen molar-refractivity contribution in [3.8, 4) is 0 Å². The van der Waals surface area contributed by atoms with E-state index in [1.165, 1.54) is 11.1 Å². The van der Waals surface area contributed by atoms with Crippen molar-refractivity contribution in [3.63, 3.8) is 0 Å². The van der Waals surface area contributed by atoms with Gasteiger partial charge >= 0.3 is 0 Å². The highest BCUT2D eigenvalue weighted by atomic mass is 35.5. The minimum absolute atomic E-state index is 0. The minimum Gasteiger partial charge on any atom is -0.345 e. The van der Waals surface area contributed by atoms with E-state index in [0.29, 0.717) is 5.92 Å². The molecule has 25 heavy (non-hydrogen) atoms. The zero-order chi connectivity index (χ0) is 17.1. The maximum absolute atomic E-state index is 12.8. The highest BCUT2D eigenvalue weighted by Gasteiger charge is 2.30. The fourth-order valence-electron chi connectivity index (χ4n) is 3.21. The first-order valence-corrected chi connectivity index (χ1v) is 8.69. The fourth-order valence-corrected chi connectivity index (χ4v) is 3.21. The Morgan fingerprint density at radius 3 is 1.96 bits per heavy atom. The normalized spacial score (nSPS) is 15.2. The number of nitrogens with one attached hydrogen (secondary N) is 2. The molecule has 1 amide bonds. The fraction of sp³-hybridized carbons (Fsp3) is 0.381. The third-order valence-electron chi connectivity index (χ3n) is 4.97. The SMILES string of the molecule is Cc1cccc(C(NC(=O)C(C)C2CNC2)c2cccc(C)c2)c1.Cl. The molecule has 2 aromatic carbocycles. The molecular formula is C21H27ClN2O. The van der Waals surface area contributed by atoms with Crippen LogP contribution < -0.4 is 10.6 Å². The van der Waals surface area contributed by atoms with Gasteiger partial charge in [0.1, 0.15) is 0 Å². The summed E-state index contributed by atoms with van der Waals surface area (Å²) in [5.41, 5.74) is 4.67. The first-order valence-electron chi connectivity index (χ1n) is 8.69. The van der Waals surface area contributed by atoms with Gasteiger partial charge in [0.2, 0.25) is 5.91 Å². The van der Waals surface area contributed by atoms with E-state index in [-0.39, 0.29) is 30.3 Å². The summed E-state index contributed by atoms with van der Waals surface area (Å²) < 4.78 is 0. The lowest BCUT2D eigenvalue weighted by Crippen LogP contribution is -2.50. The van der Waals surface area contributed by atoms with Crippen LogP contribution in [0.1, 0.15) is 35.2 Å². The topological polar surface area (TPSA) is 41.1 Å². The molecule has 0 saturated carbocycles. The number of carbonyl (C=O) groups is 1. The summed E-state index contributed by atoms with van der Waals surface area (Å²) in [5, 5.41) is 6.53. The molecule has 1 heterocycles. The van der Waals surface area contributed by atoms with Crippen molar-refractivity contribution in [1.82, 2.24) is 10.6 Å². The lowest BCUT2D eigenvalue weighted by Gasteiger charge is -2.33. The molecule has 1 saturated heterocycles. The molecule has 1 aliphatic rings. The number of rotatable bonds is 5. The molecule has 2 N–H and O–H groups in total. The van der Waals surface area contributed by atoms with E-state index < -0.39 is 0 Å². The molecule has 1 unspecified atom stereocenters. The second-order valence-electron chi connectivity index (χ2n) is 6.98. The minimum atomic E-state index is -0.104. The van der Waals surface area contributed by atoms with E-state index >= 15 is 0 Å². The molecule has 4 heteroatoms. The Bertz CT molecular complexity index is 682. The second-order valence-corrected chi connectivity index (χ2v) is 6.98. The van der Waals surface area contributed by atoms with Crippen molar-refractivity contribution in [2.24, 2.45) is 11.8 Å². The molecule has 0 aliphatic carbocycles. The molecule has 1 atom stereocenters. The Hall–Kier alpha value is -1.84. The van der Waals surface area contributed by atoms with Gasteiger partial charge in [-0.1, -0.05) is 66.6 Å². The van der Waals surface area contributed by atoms with E-state index in [0.717, 1.165) is 24.2 Å². The van der Waals surface area contributed by atoms with Crippen molar-refractivity contribution < 1.29 is 4.79 Å². The average molecular weight is 359 g/mol. The quantitative estimate of drug-likeness (QED) is 0.853. The van der Waals surface area contributed by atoms with Crippen LogP contribution in [0.4, 0.5) is 0 Å². The van der Waals surface area contributed by atoms with Crippen LogP contribution >= 0.6 is 12.4 Å². The van der Waals surface area contributed by atoms with Crippen LogP contribution in [0, 0.1) is 25.7 Å². The van der Waals surface area contributed by atoms with Crippen molar-refractivity contribution in [2.75, 3.05) is 13.1 Å². The smallest absolute Gasteiger partial charge is 0.223 e. The Labute approximate surface area is 156 Å². The van der Waals surface area contributed by atoms with Crippen molar-refractivity contribution in [3.05, 3.63) is 70.8 Å². The Morgan fingerprint density at radius 2 is 1.56 bits per heavy atom. The van der Waals surface area contributed by atoms with Gasteiger partial charge in [-0.25, -0.2) is 0 Å². The zero-order valence-corrected chi connectivity index (χ0v) is 15.9. The number of benzene rings is 2. The summed E-state index contributed by atoms with van der Waals surface area (Å²) in [6, 6.07) is 16.7. The van der Waals surface area contributed by atoms with Gasteiger partial charge in [0.15, 0.2) is 0 Å². The second kappa shape index (κ2) is 8.50. The molecule has 0 spiro atoms. The summed E-state index contributed by atoms with van der Waals surface area (Å²) >= 11 is 0. The van der Waals surface area contributed by atoms with Gasteiger partial charge in [-0.05, 0) is 44.0 Å². The zero-order valence-electron chi connectivity index (χ0n) is 15.1. The number of hydrogen-bond donors (Lipinski definition) is 2. The van der Waals surface area contributed by atoms with Crippen LogP contribution in [0.15, 0.2) is 48.5 Å². The van der Waals surface area contributed by atoms with Crippen molar-refractivity contribution in [2.45, 2.75) is 26.8 Å². The molecule has 0 aromatic heterocycles. The summed E-state index contributed by atoms with van der Waals surface area (Å²) in [6.45, 7) is 8.08. The average Bonchev–Trinajstić information content (AvgIpc) is 2.50. The van der Waals surface area contributed by atoms with Gasteiger partial charge < -0.3 is 10.6 Å². The lowest BCUT2D eigenvalue weighted by molar-refractivity contribution is -0.127. The van der Waals surface area contributed by atoms with E-state index in [2.05, 4.69) is 73.0 Å². The third-order valence-corrected chi connectivity index (χ3v) is 4.97. The highest BCUT2D eigenvalue weighted by molar-refractivity contribution is 5.85. The first kappa shape index (κ1) is 19.5. The van der Waals surface area contributed by atoms with Gasteiger partial charge in [0.05, 0.1) is 6.04 Å². The summed E-state index contributed by atoms with van der Waals surface area (Å²) in [4.78, 5) is 12.8. The number of amides is 1. The van der Waals surface area contributed by atoms with Crippen molar-refractivity contribution in [1.29, 1.82) is 0 Å². The molecule has 0 bridgehead atoms. The Kier molecular flexibility index (Phi) is 6.63. The maximum Gasteiger partial charge on any atom is 0.223 e. The standard InChI is InChI=1S/C21H26N2O.ClH/c1-14-6-4-8-17(10-14)20(18-9-5-7-15(2)11-18)23-21(24)16(3)19-12-22-13-19;/h4-11,16,19-20,22H,12-13H2,1-3H3,(H,23,24);1H. The molecular weight excluding hydrogens is 332 g/mol. The molecule has 3 rings (SSSR count). The Morgan fingerprint density at radius 1 is 1.04 bits per heavy atom. The molecule has 0 radical (unpaired) electrons. The maximum atomic E-state index is 12.8. The third kappa shape index (κ3) is 4.62. The number of halogens is 1. The predicted molar refractivity (Wildman–Crippen MR) is 105 cm³/mol. The van der Waals surface area contributed by atoms with Gasteiger partial charge in [0.25, 0.3) is 0 Å². The lowest BCUT2D eigenvalue weighted by atomic mass is 9.87. The van der Waals surface area contributed by atoms with Crippen LogP contribution in [0.5, 0.6) is 0 Å². The van der Waals surface area contributed by atoms with Crippen molar-refractivity contribution >= 4 is 18.3 Å². The van der Waals surface area contributed by atoms with Crippen LogP contribution in [0.2, 0.25) is 0 Å².